The molecule has 1 atom stereocenters. The molecule has 2 aromatic carbocycles. The van der Waals surface area contributed by atoms with Crippen LogP contribution < -0.4 is 10.2 Å². The lowest BCUT2D eigenvalue weighted by atomic mass is 10.1. The fourth-order valence-electron chi connectivity index (χ4n) is 3.25. The highest BCUT2D eigenvalue weighted by Gasteiger charge is 2.29. The maximum atomic E-state index is 12.6. The number of halogens is 3. The average Bonchev–Trinajstić information content (AvgIpc) is 3.16. The Bertz CT molecular complexity index is 789. The van der Waals surface area contributed by atoms with Crippen LogP contribution in [0.4, 0.5) is 24.5 Å². The SMILES string of the molecule is CO[C@H]1CCN(c2ccc(NC(=O)CCc3ccc(C(F)(F)F)cc3)cc2)C1. The van der Waals surface area contributed by atoms with Gasteiger partial charge < -0.3 is 15.0 Å². The highest BCUT2D eigenvalue weighted by atomic mass is 19.4. The number of carbonyl (C=O) groups excluding carboxylic acids is 1. The van der Waals surface area contributed by atoms with Gasteiger partial charge in [0.1, 0.15) is 0 Å². The molecule has 4 nitrogen and oxygen atoms in total. The highest BCUT2D eigenvalue weighted by molar-refractivity contribution is 5.91. The number of nitrogens with zero attached hydrogens (tertiary/aromatic N) is 1. The molecule has 1 heterocycles. The monoisotopic (exact) mass is 392 g/mol. The van der Waals surface area contributed by atoms with Crippen LogP contribution in [-0.2, 0) is 22.1 Å². The second kappa shape index (κ2) is 8.65. The molecule has 0 saturated carbocycles. The van der Waals surface area contributed by atoms with Crippen LogP contribution >= 0.6 is 0 Å². The smallest absolute Gasteiger partial charge is 0.380 e. The van der Waals surface area contributed by atoms with E-state index in [0.717, 1.165) is 37.3 Å². The predicted molar refractivity (Wildman–Crippen MR) is 102 cm³/mol. The van der Waals surface area contributed by atoms with E-state index in [4.69, 9.17) is 4.74 Å². The van der Waals surface area contributed by atoms with E-state index in [9.17, 15) is 18.0 Å². The topological polar surface area (TPSA) is 41.6 Å². The first-order valence-corrected chi connectivity index (χ1v) is 9.19. The summed E-state index contributed by atoms with van der Waals surface area (Å²) < 4.78 is 43.1. The van der Waals surface area contributed by atoms with E-state index in [1.165, 1.54) is 12.1 Å². The van der Waals surface area contributed by atoms with Gasteiger partial charge in [-0.15, -0.1) is 0 Å². The van der Waals surface area contributed by atoms with Gasteiger partial charge in [0, 0.05) is 38.0 Å². The van der Waals surface area contributed by atoms with Crippen LogP contribution in [0.5, 0.6) is 0 Å². The largest absolute Gasteiger partial charge is 0.416 e. The van der Waals surface area contributed by atoms with Crippen LogP contribution in [0.3, 0.4) is 0 Å². The lowest BCUT2D eigenvalue weighted by Gasteiger charge is -2.18. The van der Waals surface area contributed by atoms with E-state index in [0.29, 0.717) is 17.7 Å². The van der Waals surface area contributed by atoms with Crippen LogP contribution in [-0.4, -0.2) is 32.2 Å². The summed E-state index contributed by atoms with van der Waals surface area (Å²) in [5, 5.41) is 2.82. The maximum Gasteiger partial charge on any atom is 0.416 e. The molecule has 0 aromatic heterocycles. The molecule has 0 spiro atoms. The number of aryl methyl sites for hydroxylation is 1. The summed E-state index contributed by atoms with van der Waals surface area (Å²) >= 11 is 0. The van der Waals surface area contributed by atoms with E-state index in [-0.39, 0.29) is 18.4 Å². The number of nitrogens with one attached hydrogen (secondary N) is 1. The van der Waals surface area contributed by atoms with E-state index in [1.54, 1.807) is 7.11 Å². The highest BCUT2D eigenvalue weighted by Crippen LogP contribution is 2.29. The first-order chi connectivity index (χ1) is 13.3. The van der Waals surface area contributed by atoms with Gasteiger partial charge in [-0.3, -0.25) is 4.79 Å². The van der Waals surface area contributed by atoms with Crippen molar-refractivity contribution in [1.29, 1.82) is 0 Å². The minimum atomic E-state index is -4.35. The molecule has 0 radical (unpaired) electrons. The number of anilines is 2. The third-order valence-corrected chi connectivity index (χ3v) is 4.92. The summed E-state index contributed by atoms with van der Waals surface area (Å²) in [6.45, 7) is 1.80. The molecule has 1 amide bonds. The van der Waals surface area contributed by atoms with Gasteiger partial charge in [0.15, 0.2) is 0 Å². The molecule has 3 rings (SSSR count). The molecule has 0 unspecified atom stereocenters. The molecule has 1 fully saturated rings. The number of methoxy groups -OCH3 is 1. The summed E-state index contributed by atoms with van der Waals surface area (Å²) in [7, 11) is 1.72. The zero-order chi connectivity index (χ0) is 20.1. The second-order valence-corrected chi connectivity index (χ2v) is 6.88. The van der Waals surface area contributed by atoms with Gasteiger partial charge in [0.2, 0.25) is 5.91 Å². The van der Waals surface area contributed by atoms with Crippen LogP contribution in [0.25, 0.3) is 0 Å². The number of alkyl halides is 3. The predicted octanol–water partition coefficient (Wildman–Crippen LogP) is 4.50. The number of rotatable bonds is 6. The third kappa shape index (κ3) is 5.25. The molecule has 7 heteroatoms. The lowest BCUT2D eigenvalue weighted by Crippen LogP contribution is -2.22. The number of amides is 1. The van der Waals surface area contributed by atoms with Crippen LogP contribution in [0.1, 0.15) is 24.0 Å². The molecule has 1 N–H and O–H groups in total. The molecule has 1 aliphatic rings. The quantitative estimate of drug-likeness (QED) is 0.787. The molecule has 0 bridgehead atoms. The molecular formula is C21H23F3N2O2. The Kier molecular flexibility index (Phi) is 6.24. The van der Waals surface area contributed by atoms with Crippen molar-refractivity contribution in [3.63, 3.8) is 0 Å². The normalized spacial score (nSPS) is 17.0. The van der Waals surface area contributed by atoms with Gasteiger partial charge >= 0.3 is 6.18 Å². The first-order valence-electron chi connectivity index (χ1n) is 9.19. The van der Waals surface area contributed by atoms with Crippen molar-refractivity contribution in [2.45, 2.75) is 31.5 Å². The van der Waals surface area contributed by atoms with Gasteiger partial charge in [-0.1, -0.05) is 12.1 Å². The fourth-order valence-corrected chi connectivity index (χ4v) is 3.25. The first kappa shape index (κ1) is 20.2. The summed E-state index contributed by atoms with van der Waals surface area (Å²) in [6.07, 6.45) is -2.51. The molecule has 2 aromatic rings. The molecule has 1 aliphatic heterocycles. The van der Waals surface area contributed by atoms with E-state index in [1.807, 2.05) is 24.3 Å². The Hall–Kier alpha value is -2.54. The number of ether oxygens (including phenoxy) is 1. The zero-order valence-electron chi connectivity index (χ0n) is 15.6. The van der Waals surface area contributed by atoms with Gasteiger partial charge in [-0.05, 0) is 54.8 Å². The van der Waals surface area contributed by atoms with E-state index >= 15 is 0 Å². The number of hydrogen-bond donors (Lipinski definition) is 1. The Morgan fingerprint density at radius 2 is 1.82 bits per heavy atom. The maximum absolute atomic E-state index is 12.6. The van der Waals surface area contributed by atoms with Crippen molar-refractivity contribution < 1.29 is 22.7 Å². The van der Waals surface area contributed by atoms with Crippen molar-refractivity contribution in [2.75, 3.05) is 30.4 Å². The van der Waals surface area contributed by atoms with Crippen molar-refractivity contribution in [1.82, 2.24) is 0 Å². The minimum absolute atomic E-state index is 0.173. The number of hydrogen-bond acceptors (Lipinski definition) is 3. The van der Waals surface area contributed by atoms with Crippen molar-refractivity contribution in [2.24, 2.45) is 0 Å². The minimum Gasteiger partial charge on any atom is -0.380 e. The van der Waals surface area contributed by atoms with Gasteiger partial charge in [0.05, 0.1) is 11.7 Å². The summed E-state index contributed by atoms with van der Waals surface area (Å²) in [5.41, 5.74) is 1.79. The van der Waals surface area contributed by atoms with E-state index < -0.39 is 11.7 Å². The fraction of sp³-hybridized carbons (Fsp3) is 0.381. The van der Waals surface area contributed by atoms with Crippen molar-refractivity contribution >= 4 is 17.3 Å². The standard InChI is InChI=1S/C21H23F3N2O2/c1-28-19-12-13-26(14-19)18-9-7-17(8-10-18)25-20(27)11-4-15-2-5-16(6-3-15)21(22,23)24/h2-3,5-10,19H,4,11-14H2,1H3,(H,25,27)/t19-/m0/s1. The molecule has 1 saturated heterocycles. The average molecular weight is 392 g/mol. The Balaban J connectivity index is 1.48. The molecule has 150 valence electrons. The van der Waals surface area contributed by atoms with Crippen LogP contribution in [0.2, 0.25) is 0 Å². The third-order valence-electron chi connectivity index (χ3n) is 4.92. The van der Waals surface area contributed by atoms with Crippen LogP contribution in [0, 0.1) is 0 Å². The van der Waals surface area contributed by atoms with E-state index in [2.05, 4.69) is 10.2 Å². The van der Waals surface area contributed by atoms with Crippen LogP contribution in [0.15, 0.2) is 48.5 Å². The molecule has 28 heavy (non-hydrogen) atoms. The molecule has 0 aliphatic carbocycles. The second-order valence-electron chi connectivity index (χ2n) is 6.88. The Morgan fingerprint density at radius 3 is 2.39 bits per heavy atom. The number of benzene rings is 2. The molecular weight excluding hydrogens is 369 g/mol. The number of carbonyl (C=O) groups is 1. The lowest BCUT2D eigenvalue weighted by molar-refractivity contribution is -0.137. The van der Waals surface area contributed by atoms with Gasteiger partial charge in [0.25, 0.3) is 0 Å². The Labute approximate surface area is 162 Å². The summed E-state index contributed by atoms with van der Waals surface area (Å²) in [4.78, 5) is 14.4. The van der Waals surface area contributed by atoms with Crippen molar-refractivity contribution in [3.05, 3.63) is 59.7 Å². The Morgan fingerprint density at radius 1 is 1.14 bits per heavy atom. The van der Waals surface area contributed by atoms with Crippen molar-refractivity contribution in [3.8, 4) is 0 Å². The van der Waals surface area contributed by atoms with Gasteiger partial charge in [-0.25, -0.2) is 0 Å². The van der Waals surface area contributed by atoms with Gasteiger partial charge in [-0.2, -0.15) is 13.2 Å². The summed E-state index contributed by atoms with van der Waals surface area (Å²) in [6, 6.07) is 12.5. The zero-order valence-corrected chi connectivity index (χ0v) is 15.6. The summed E-state index contributed by atoms with van der Waals surface area (Å²) in [5.74, 6) is -0.173.